The molecule has 0 atom stereocenters. The fourth-order valence-corrected chi connectivity index (χ4v) is 1.36. The van der Waals surface area contributed by atoms with E-state index in [1.54, 1.807) is 6.92 Å². The molecule has 0 aromatic carbocycles. The molecule has 0 aliphatic carbocycles. The van der Waals surface area contributed by atoms with Gasteiger partial charge in [-0.3, -0.25) is 15.1 Å². The van der Waals surface area contributed by atoms with Gasteiger partial charge < -0.3 is 9.63 Å². The van der Waals surface area contributed by atoms with Gasteiger partial charge in [0.05, 0.1) is 5.56 Å². The van der Waals surface area contributed by atoms with Crippen LogP contribution in [0, 0.1) is 6.92 Å². The van der Waals surface area contributed by atoms with Crippen molar-refractivity contribution in [1.29, 1.82) is 0 Å². The maximum atomic E-state index is 11.9. The van der Waals surface area contributed by atoms with Gasteiger partial charge in [-0.05, 0) is 24.6 Å². The Balaban J connectivity index is 2.14. The Morgan fingerprint density at radius 2 is 2.20 bits per heavy atom. The number of amides is 1. The Bertz CT molecular complexity index is 678. The van der Waals surface area contributed by atoms with E-state index in [0.717, 1.165) is 6.08 Å². The van der Waals surface area contributed by atoms with Crippen molar-refractivity contribution in [2.45, 2.75) is 6.92 Å². The maximum Gasteiger partial charge on any atom is 0.328 e. The number of aryl methyl sites for hydroxylation is 1. The average molecular weight is 274 g/mol. The summed E-state index contributed by atoms with van der Waals surface area (Å²) in [5.74, 6) is -1.16. The van der Waals surface area contributed by atoms with E-state index >= 15 is 0 Å². The van der Waals surface area contributed by atoms with E-state index in [1.807, 2.05) is 0 Å². The van der Waals surface area contributed by atoms with Gasteiger partial charge in [-0.15, -0.1) is 0 Å². The van der Waals surface area contributed by atoms with Crippen molar-refractivity contribution in [1.82, 2.24) is 15.1 Å². The molecule has 0 fully saturated rings. The van der Waals surface area contributed by atoms with Crippen LogP contribution in [0.3, 0.4) is 0 Å². The minimum atomic E-state index is -1.08. The number of anilines is 1. The monoisotopic (exact) mass is 274 g/mol. The van der Waals surface area contributed by atoms with Crippen LogP contribution in [0.1, 0.15) is 21.7 Å². The predicted octanol–water partition coefficient (Wildman–Crippen LogP) is 1.12. The van der Waals surface area contributed by atoms with Gasteiger partial charge in [0.15, 0.2) is 5.82 Å². The number of nitrogens with zero attached hydrogens (tertiary/aromatic N) is 3. The molecule has 2 N–H and O–H groups in total. The van der Waals surface area contributed by atoms with E-state index in [1.165, 1.54) is 24.5 Å². The number of aliphatic carboxylic acids is 1. The molecule has 2 heterocycles. The Hall–Kier alpha value is -3.03. The molecule has 1 amide bonds. The number of pyridine rings is 1. The summed E-state index contributed by atoms with van der Waals surface area (Å²) in [6, 6.07) is 1.48. The zero-order valence-electron chi connectivity index (χ0n) is 10.4. The first kappa shape index (κ1) is 13.4. The molecule has 0 spiro atoms. The fraction of sp³-hybridized carbons (Fsp3) is 0.0833. The Labute approximate surface area is 113 Å². The lowest BCUT2D eigenvalue weighted by Crippen LogP contribution is -2.12. The van der Waals surface area contributed by atoms with Gasteiger partial charge in [-0.2, -0.15) is 4.98 Å². The first-order valence-electron chi connectivity index (χ1n) is 5.52. The van der Waals surface area contributed by atoms with Crippen LogP contribution in [0.4, 0.5) is 6.01 Å². The van der Waals surface area contributed by atoms with E-state index < -0.39 is 11.9 Å². The molecular weight excluding hydrogens is 264 g/mol. The Morgan fingerprint density at radius 1 is 1.40 bits per heavy atom. The second-order valence-electron chi connectivity index (χ2n) is 3.78. The van der Waals surface area contributed by atoms with Crippen molar-refractivity contribution in [3.63, 3.8) is 0 Å². The van der Waals surface area contributed by atoms with Crippen molar-refractivity contribution in [2.24, 2.45) is 0 Å². The lowest BCUT2D eigenvalue weighted by atomic mass is 10.2. The lowest BCUT2D eigenvalue weighted by molar-refractivity contribution is -0.131. The number of rotatable bonds is 4. The maximum absolute atomic E-state index is 11.9. The second kappa shape index (κ2) is 5.74. The molecule has 2 rings (SSSR count). The zero-order valence-corrected chi connectivity index (χ0v) is 10.4. The van der Waals surface area contributed by atoms with Crippen LogP contribution >= 0.6 is 0 Å². The molecule has 0 aliphatic rings. The molecule has 8 heteroatoms. The molecule has 0 radical (unpaired) electrons. The molecule has 0 saturated heterocycles. The highest BCUT2D eigenvalue weighted by Gasteiger charge is 2.10. The van der Waals surface area contributed by atoms with Crippen LogP contribution in [0.25, 0.3) is 6.08 Å². The number of aromatic nitrogens is 3. The van der Waals surface area contributed by atoms with Crippen molar-refractivity contribution >= 4 is 24.0 Å². The van der Waals surface area contributed by atoms with Gasteiger partial charge >= 0.3 is 12.0 Å². The zero-order chi connectivity index (χ0) is 14.5. The summed E-state index contributed by atoms with van der Waals surface area (Å²) in [6.07, 6.45) is 5.08. The Morgan fingerprint density at radius 3 is 2.85 bits per heavy atom. The lowest BCUT2D eigenvalue weighted by Gasteiger charge is -2.00. The summed E-state index contributed by atoms with van der Waals surface area (Å²) < 4.78 is 4.76. The number of hydrogen-bond donors (Lipinski definition) is 2. The number of carbonyl (C=O) groups is 2. The third-order valence-corrected chi connectivity index (χ3v) is 2.19. The van der Waals surface area contributed by atoms with Crippen LogP contribution in [-0.4, -0.2) is 32.1 Å². The quantitative estimate of drug-likeness (QED) is 0.802. The number of carbonyl (C=O) groups excluding carboxylic acids is 1. The molecule has 0 unspecified atom stereocenters. The van der Waals surface area contributed by atoms with Crippen molar-refractivity contribution in [3.8, 4) is 0 Å². The topological polar surface area (TPSA) is 118 Å². The van der Waals surface area contributed by atoms with E-state index in [4.69, 9.17) is 9.63 Å². The largest absolute Gasteiger partial charge is 0.478 e. The second-order valence-corrected chi connectivity index (χ2v) is 3.78. The fourth-order valence-electron chi connectivity index (χ4n) is 1.36. The third-order valence-electron chi connectivity index (χ3n) is 2.19. The molecule has 2 aromatic heterocycles. The van der Waals surface area contributed by atoms with Gasteiger partial charge in [-0.25, -0.2) is 4.79 Å². The highest BCUT2D eigenvalue weighted by molar-refractivity contribution is 6.03. The molecule has 8 nitrogen and oxygen atoms in total. The van der Waals surface area contributed by atoms with Crippen LogP contribution in [0.15, 0.2) is 29.1 Å². The first-order chi connectivity index (χ1) is 9.54. The minimum Gasteiger partial charge on any atom is -0.478 e. The number of nitrogens with one attached hydrogen (secondary N) is 1. The van der Waals surface area contributed by atoms with E-state index in [-0.39, 0.29) is 11.6 Å². The highest BCUT2D eigenvalue weighted by atomic mass is 16.5. The molecule has 0 saturated carbocycles. The number of carboxylic acids is 1. The summed E-state index contributed by atoms with van der Waals surface area (Å²) in [5, 5.41) is 14.5. The molecule has 20 heavy (non-hydrogen) atoms. The summed E-state index contributed by atoms with van der Waals surface area (Å²) in [6.45, 7) is 1.62. The predicted molar refractivity (Wildman–Crippen MR) is 67.9 cm³/mol. The summed E-state index contributed by atoms with van der Waals surface area (Å²) in [5.41, 5.74) is 0.732. The van der Waals surface area contributed by atoms with Gasteiger partial charge in [0.1, 0.15) is 0 Å². The third kappa shape index (κ3) is 3.48. The van der Waals surface area contributed by atoms with E-state index in [9.17, 15) is 9.59 Å². The summed E-state index contributed by atoms with van der Waals surface area (Å²) in [4.78, 5) is 30.0. The van der Waals surface area contributed by atoms with Crippen molar-refractivity contribution in [3.05, 3.63) is 41.5 Å². The number of hydrogen-bond acceptors (Lipinski definition) is 6. The van der Waals surface area contributed by atoms with Gasteiger partial charge in [0.25, 0.3) is 5.91 Å². The van der Waals surface area contributed by atoms with Crippen LogP contribution in [0.2, 0.25) is 0 Å². The van der Waals surface area contributed by atoms with Gasteiger partial charge in [-0.1, -0.05) is 5.16 Å². The first-order valence-corrected chi connectivity index (χ1v) is 5.52. The standard InChI is InChI=1S/C12H10N4O4/c1-7-14-12(20-16-7)15-11(19)9-4-8(5-13-6-9)2-3-10(17)18/h2-6H,1H3,(H,17,18)(H,14,15,16,19)/b3-2+. The normalized spacial score (nSPS) is 10.7. The molecule has 102 valence electrons. The van der Waals surface area contributed by atoms with Crippen LogP contribution in [0.5, 0.6) is 0 Å². The van der Waals surface area contributed by atoms with Crippen molar-refractivity contribution < 1.29 is 19.2 Å². The highest BCUT2D eigenvalue weighted by Crippen LogP contribution is 2.08. The molecule has 0 bridgehead atoms. The molecular formula is C12H10N4O4. The van der Waals surface area contributed by atoms with E-state index in [2.05, 4.69) is 20.4 Å². The Kier molecular flexibility index (Phi) is 3.85. The SMILES string of the molecule is Cc1noc(NC(=O)c2cncc(/C=C/C(=O)O)c2)n1. The van der Waals surface area contributed by atoms with Crippen LogP contribution < -0.4 is 5.32 Å². The van der Waals surface area contributed by atoms with Gasteiger partial charge in [0, 0.05) is 18.5 Å². The summed E-state index contributed by atoms with van der Waals surface area (Å²) in [7, 11) is 0. The van der Waals surface area contributed by atoms with Crippen LogP contribution in [-0.2, 0) is 4.79 Å². The smallest absolute Gasteiger partial charge is 0.328 e. The number of carboxylic acid groups (broad SMARTS) is 1. The van der Waals surface area contributed by atoms with E-state index in [0.29, 0.717) is 11.4 Å². The molecule has 2 aromatic rings. The minimum absolute atomic E-state index is 0.0148. The average Bonchev–Trinajstić information content (AvgIpc) is 2.82. The summed E-state index contributed by atoms with van der Waals surface area (Å²) >= 11 is 0. The molecule has 0 aliphatic heterocycles. The van der Waals surface area contributed by atoms with Gasteiger partial charge in [0.2, 0.25) is 0 Å². The van der Waals surface area contributed by atoms with Crippen molar-refractivity contribution in [2.75, 3.05) is 5.32 Å².